The van der Waals surface area contributed by atoms with Crippen LogP contribution >= 0.6 is 39.1 Å². The van der Waals surface area contributed by atoms with E-state index in [9.17, 15) is 4.39 Å². The highest BCUT2D eigenvalue weighted by Gasteiger charge is 2.16. The Hall–Kier alpha value is -0.610. The summed E-state index contributed by atoms with van der Waals surface area (Å²) in [7, 11) is 0. The Morgan fingerprint density at radius 1 is 1.24 bits per heavy atom. The van der Waals surface area contributed by atoms with Crippen molar-refractivity contribution in [2.24, 2.45) is 0 Å². The first-order valence-electron chi connectivity index (χ1n) is 6.63. The summed E-state index contributed by atoms with van der Waals surface area (Å²) in [6.07, 6.45) is 0.629. The van der Waals surface area contributed by atoms with E-state index >= 15 is 0 Å². The Morgan fingerprint density at radius 2 is 2.00 bits per heavy atom. The maximum Gasteiger partial charge on any atom is 0.124 e. The van der Waals surface area contributed by atoms with E-state index in [4.69, 9.17) is 23.2 Å². The number of hydrogen-bond donors (Lipinski definition) is 1. The second-order valence-corrected chi connectivity index (χ2v) is 6.44. The molecule has 1 nitrogen and oxygen atoms in total. The fraction of sp³-hybridized carbons (Fsp3) is 0.250. The van der Waals surface area contributed by atoms with E-state index in [0.29, 0.717) is 16.5 Å². The fourth-order valence-electron chi connectivity index (χ4n) is 2.29. The van der Waals surface area contributed by atoms with Crippen LogP contribution in [0.4, 0.5) is 4.39 Å². The van der Waals surface area contributed by atoms with Gasteiger partial charge in [0.2, 0.25) is 0 Å². The third-order valence-corrected chi connectivity index (χ3v) is 4.46. The number of likely N-dealkylation sites (N-methyl/N-ethyl adjacent to an activating group) is 1. The van der Waals surface area contributed by atoms with Crippen LogP contribution in [0.3, 0.4) is 0 Å². The van der Waals surface area contributed by atoms with E-state index < -0.39 is 0 Å². The monoisotopic (exact) mass is 389 g/mol. The molecular formula is C16H15BrCl2FN. The van der Waals surface area contributed by atoms with Crippen molar-refractivity contribution < 1.29 is 4.39 Å². The molecule has 0 fully saturated rings. The average molecular weight is 391 g/mol. The summed E-state index contributed by atoms with van der Waals surface area (Å²) in [5.74, 6) is -0.258. The summed E-state index contributed by atoms with van der Waals surface area (Å²) in [4.78, 5) is 0. The van der Waals surface area contributed by atoms with E-state index in [1.165, 1.54) is 12.1 Å². The Kier molecular flexibility index (Phi) is 6.06. The molecule has 1 N–H and O–H groups in total. The smallest absolute Gasteiger partial charge is 0.124 e. The van der Waals surface area contributed by atoms with Crippen molar-refractivity contribution >= 4 is 39.1 Å². The molecular weight excluding hydrogens is 376 g/mol. The van der Waals surface area contributed by atoms with Gasteiger partial charge in [-0.15, -0.1) is 0 Å². The third kappa shape index (κ3) is 4.43. The second kappa shape index (κ2) is 7.59. The molecule has 2 aromatic rings. The summed E-state index contributed by atoms with van der Waals surface area (Å²) in [6, 6.07) is 10.4. The van der Waals surface area contributed by atoms with Gasteiger partial charge in [0.05, 0.1) is 10.0 Å². The van der Waals surface area contributed by atoms with Gasteiger partial charge in [0.15, 0.2) is 0 Å². The molecule has 0 saturated carbocycles. The summed E-state index contributed by atoms with van der Waals surface area (Å²) in [6.45, 7) is 2.80. The minimum absolute atomic E-state index is 0.0186. The zero-order valence-electron chi connectivity index (χ0n) is 11.5. The van der Waals surface area contributed by atoms with Crippen LogP contribution in [0, 0.1) is 5.82 Å². The van der Waals surface area contributed by atoms with E-state index in [2.05, 4.69) is 21.2 Å². The quantitative estimate of drug-likeness (QED) is 0.681. The van der Waals surface area contributed by atoms with Crippen LogP contribution in [0.2, 0.25) is 10.0 Å². The van der Waals surface area contributed by atoms with Crippen LogP contribution in [-0.4, -0.2) is 6.54 Å². The minimum atomic E-state index is -0.258. The first-order valence-corrected chi connectivity index (χ1v) is 8.18. The van der Waals surface area contributed by atoms with Gasteiger partial charge in [0.1, 0.15) is 5.82 Å². The van der Waals surface area contributed by atoms with Gasteiger partial charge in [-0.25, -0.2) is 4.39 Å². The highest BCUT2D eigenvalue weighted by atomic mass is 79.9. The lowest BCUT2D eigenvalue weighted by molar-refractivity contribution is 0.546. The van der Waals surface area contributed by atoms with E-state index in [0.717, 1.165) is 22.1 Å². The summed E-state index contributed by atoms with van der Waals surface area (Å²) in [5.41, 5.74) is 1.82. The van der Waals surface area contributed by atoms with Crippen molar-refractivity contribution in [3.63, 3.8) is 0 Å². The number of rotatable bonds is 5. The molecule has 1 unspecified atom stereocenters. The van der Waals surface area contributed by atoms with Crippen LogP contribution in [-0.2, 0) is 6.42 Å². The molecule has 0 aliphatic heterocycles. The van der Waals surface area contributed by atoms with E-state index in [1.807, 2.05) is 25.1 Å². The molecule has 0 spiro atoms. The number of hydrogen-bond acceptors (Lipinski definition) is 1. The van der Waals surface area contributed by atoms with Crippen molar-refractivity contribution in [2.45, 2.75) is 19.4 Å². The predicted molar refractivity (Wildman–Crippen MR) is 90.7 cm³/mol. The topological polar surface area (TPSA) is 12.0 Å². The van der Waals surface area contributed by atoms with Crippen molar-refractivity contribution in [3.05, 3.63) is 67.9 Å². The molecule has 0 aliphatic rings. The minimum Gasteiger partial charge on any atom is -0.310 e. The van der Waals surface area contributed by atoms with Crippen molar-refractivity contribution in [1.29, 1.82) is 0 Å². The molecule has 0 saturated heterocycles. The van der Waals surface area contributed by atoms with Crippen LogP contribution in [0.5, 0.6) is 0 Å². The van der Waals surface area contributed by atoms with E-state index in [-0.39, 0.29) is 11.9 Å². The second-order valence-electron chi connectivity index (χ2n) is 4.74. The fourth-order valence-corrected chi connectivity index (χ4v) is 3.24. The first kappa shape index (κ1) is 16.8. The molecule has 0 radical (unpaired) electrons. The van der Waals surface area contributed by atoms with Crippen LogP contribution in [0.25, 0.3) is 0 Å². The lowest BCUT2D eigenvalue weighted by Gasteiger charge is -2.20. The Balaban J connectivity index is 2.32. The third-order valence-electron chi connectivity index (χ3n) is 3.17. The maximum atomic E-state index is 13.5. The summed E-state index contributed by atoms with van der Waals surface area (Å²) >= 11 is 15.7. The van der Waals surface area contributed by atoms with Gasteiger partial charge in [0.25, 0.3) is 0 Å². The van der Waals surface area contributed by atoms with Crippen LogP contribution in [0.1, 0.15) is 24.1 Å². The molecule has 0 heterocycles. The average Bonchev–Trinajstić information content (AvgIpc) is 2.40. The van der Waals surface area contributed by atoms with Crippen molar-refractivity contribution in [2.75, 3.05) is 6.54 Å². The van der Waals surface area contributed by atoms with Gasteiger partial charge >= 0.3 is 0 Å². The number of benzene rings is 2. The molecule has 2 rings (SSSR count). The lowest BCUT2D eigenvalue weighted by Crippen LogP contribution is -2.23. The normalized spacial score (nSPS) is 12.4. The zero-order chi connectivity index (χ0) is 15.4. The number of nitrogens with one attached hydrogen (secondary N) is 1. The maximum absolute atomic E-state index is 13.5. The van der Waals surface area contributed by atoms with Gasteiger partial charge in [0, 0.05) is 10.5 Å². The highest BCUT2D eigenvalue weighted by Crippen LogP contribution is 2.32. The van der Waals surface area contributed by atoms with Crippen LogP contribution < -0.4 is 5.32 Å². The van der Waals surface area contributed by atoms with Gasteiger partial charge in [-0.05, 0) is 48.4 Å². The Morgan fingerprint density at radius 3 is 2.67 bits per heavy atom. The molecule has 0 bridgehead atoms. The molecule has 0 aromatic heterocycles. The first-order chi connectivity index (χ1) is 10.0. The van der Waals surface area contributed by atoms with E-state index in [1.54, 1.807) is 6.07 Å². The highest BCUT2D eigenvalue weighted by molar-refractivity contribution is 9.10. The zero-order valence-corrected chi connectivity index (χ0v) is 14.6. The SMILES string of the molecule is CCNC(Cc1cc(F)cc(Br)c1)c1cccc(Cl)c1Cl. The molecule has 2 aromatic carbocycles. The summed E-state index contributed by atoms with van der Waals surface area (Å²) < 4.78 is 14.2. The number of halogens is 4. The van der Waals surface area contributed by atoms with Gasteiger partial charge in [-0.3, -0.25) is 0 Å². The molecule has 112 valence electrons. The molecule has 1 atom stereocenters. The Labute approximate surface area is 142 Å². The largest absolute Gasteiger partial charge is 0.310 e. The molecule has 0 aliphatic carbocycles. The van der Waals surface area contributed by atoms with Gasteiger partial charge in [-0.1, -0.05) is 58.2 Å². The lowest BCUT2D eigenvalue weighted by atomic mass is 9.98. The van der Waals surface area contributed by atoms with Crippen LogP contribution in [0.15, 0.2) is 40.9 Å². The predicted octanol–water partition coefficient (Wildman–Crippen LogP) is 5.79. The standard InChI is InChI=1S/C16H15BrCl2FN/c1-2-21-15(13-4-3-5-14(18)16(13)19)8-10-6-11(17)9-12(20)7-10/h3-7,9,15,21H,2,8H2,1H3. The summed E-state index contributed by atoms with van der Waals surface area (Å²) in [5, 5.41) is 4.44. The molecule has 0 amide bonds. The molecule has 5 heteroatoms. The van der Waals surface area contributed by atoms with Gasteiger partial charge < -0.3 is 5.32 Å². The molecule has 21 heavy (non-hydrogen) atoms. The van der Waals surface area contributed by atoms with Gasteiger partial charge in [-0.2, -0.15) is 0 Å². The Bertz CT molecular complexity index is 613. The van der Waals surface area contributed by atoms with Crippen molar-refractivity contribution in [1.82, 2.24) is 5.32 Å². The van der Waals surface area contributed by atoms with Crippen molar-refractivity contribution in [3.8, 4) is 0 Å².